The van der Waals surface area contributed by atoms with Crippen LogP contribution in [0.5, 0.6) is 0 Å². The molecule has 8 heteroatoms. The Bertz CT molecular complexity index is 1290. The van der Waals surface area contributed by atoms with Crippen molar-refractivity contribution in [2.75, 3.05) is 10.8 Å². The van der Waals surface area contributed by atoms with Gasteiger partial charge in [-0.1, -0.05) is 57.9 Å². The summed E-state index contributed by atoms with van der Waals surface area (Å²) in [7, 11) is -3.98. The quantitative estimate of drug-likeness (QED) is 0.342. The summed E-state index contributed by atoms with van der Waals surface area (Å²) in [5.74, 6) is -0.539. The van der Waals surface area contributed by atoms with Crippen molar-refractivity contribution in [3.63, 3.8) is 0 Å². The number of aryl methyl sites for hydroxylation is 3. The van der Waals surface area contributed by atoms with E-state index < -0.39 is 22.5 Å². The SMILES string of the molecule is C/C(=N/NC(=O)CN(c1cc(C)ccc1C)S(=O)(=O)c1ccc(C)cc1)c1ccc(Br)cc1. The molecule has 33 heavy (non-hydrogen) atoms. The number of carbonyl (C=O) groups is 1. The van der Waals surface area contributed by atoms with Gasteiger partial charge < -0.3 is 0 Å². The fourth-order valence-corrected chi connectivity index (χ4v) is 4.93. The molecule has 0 aromatic heterocycles. The zero-order chi connectivity index (χ0) is 24.2. The number of hydrogen-bond acceptors (Lipinski definition) is 4. The monoisotopic (exact) mass is 527 g/mol. The van der Waals surface area contributed by atoms with E-state index in [1.807, 2.05) is 57.2 Å². The predicted octanol–water partition coefficient (Wildman–Crippen LogP) is 5.11. The molecule has 3 aromatic rings. The highest BCUT2D eigenvalue weighted by molar-refractivity contribution is 9.10. The smallest absolute Gasteiger partial charge is 0.264 e. The summed E-state index contributed by atoms with van der Waals surface area (Å²) in [5, 5.41) is 4.16. The minimum Gasteiger partial charge on any atom is -0.271 e. The van der Waals surface area contributed by atoms with E-state index in [2.05, 4.69) is 26.5 Å². The van der Waals surface area contributed by atoms with Gasteiger partial charge in [-0.2, -0.15) is 5.10 Å². The van der Waals surface area contributed by atoms with Crippen molar-refractivity contribution >= 4 is 43.3 Å². The van der Waals surface area contributed by atoms with Crippen molar-refractivity contribution in [2.45, 2.75) is 32.6 Å². The van der Waals surface area contributed by atoms with Gasteiger partial charge in [0.05, 0.1) is 16.3 Å². The van der Waals surface area contributed by atoms with Crippen LogP contribution in [0.3, 0.4) is 0 Å². The number of halogens is 1. The number of amides is 1. The average Bonchev–Trinajstić information content (AvgIpc) is 2.78. The number of nitrogens with zero attached hydrogens (tertiary/aromatic N) is 2. The first-order valence-electron chi connectivity index (χ1n) is 10.3. The molecule has 0 radical (unpaired) electrons. The summed E-state index contributed by atoms with van der Waals surface area (Å²) in [4.78, 5) is 12.9. The van der Waals surface area contributed by atoms with Crippen molar-refractivity contribution in [1.29, 1.82) is 0 Å². The second-order valence-electron chi connectivity index (χ2n) is 7.85. The van der Waals surface area contributed by atoms with Gasteiger partial charge in [-0.3, -0.25) is 9.10 Å². The molecule has 0 aliphatic carbocycles. The van der Waals surface area contributed by atoms with Gasteiger partial charge in [0.1, 0.15) is 6.54 Å². The third kappa shape index (κ3) is 6.09. The first-order chi connectivity index (χ1) is 15.6. The van der Waals surface area contributed by atoms with Crippen molar-refractivity contribution in [3.05, 3.63) is 93.5 Å². The summed E-state index contributed by atoms with van der Waals surface area (Å²) in [6.07, 6.45) is 0. The maximum atomic E-state index is 13.5. The van der Waals surface area contributed by atoms with Gasteiger partial charge in [-0.15, -0.1) is 0 Å². The van der Waals surface area contributed by atoms with Crippen LogP contribution in [0.4, 0.5) is 5.69 Å². The number of sulfonamides is 1. The van der Waals surface area contributed by atoms with E-state index in [0.717, 1.165) is 31.0 Å². The van der Waals surface area contributed by atoms with Crippen LogP contribution in [0.2, 0.25) is 0 Å². The summed E-state index contributed by atoms with van der Waals surface area (Å²) in [6, 6.07) is 19.6. The number of hydrazone groups is 1. The van der Waals surface area contributed by atoms with E-state index >= 15 is 0 Å². The van der Waals surface area contributed by atoms with Crippen LogP contribution in [0.15, 0.2) is 81.2 Å². The molecular weight excluding hydrogens is 502 g/mol. The minimum atomic E-state index is -3.98. The highest BCUT2D eigenvalue weighted by Gasteiger charge is 2.28. The molecule has 0 saturated heterocycles. The first kappa shape index (κ1) is 24.7. The molecule has 3 aromatic carbocycles. The van der Waals surface area contributed by atoms with Crippen LogP contribution < -0.4 is 9.73 Å². The van der Waals surface area contributed by atoms with Gasteiger partial charge in [0.2, 0.25) is 0 Å². The molecule has 6 nitrogen and oxygen atoms in total. The molecule has 0 fully saturated rings. The molecule has 3 rings (SSSR count). The average molecular weight is 528 g/mol. The molecule has 0 spiro atoms. The Morgan fingerprint density at radius 1 is 0.939 bits per heavy atom. The number of nitrogens with one attached hydrogen (secondary N) is 1. The Hall–Kier alpha value is -2.97. The van der Waals surface area contributed by atoms with E-state index in [9.17, 15) is 13.2 Å². The van der Waals surface area contributed by atoms with E-state index in [-0.39, 0.29) is 4.90 Å². The van der Waals surface area contributed by atoms with E-state index in [4.69, 9.17) is 0 Å². The maximum Gasteiger partial charge on any atom is 0.264 e. The lowest BCUT2D eigenvalue weighted by Gasteiger charge is -2.25. The number of carbonyl (C=O) groups excluding carboxylic acids is 1. The maximum absolute atomic E-state index is 13.5. The fourth-order valence-electron chi connectivity index (χ4n) is 3.19. The normalized spacial score (nSPS) is 11.8. The molecule has 0 bridgehead atoms. The summed E-state index contributed by atoms with van der Waals surface area (Å²) in [6.45, 7) is 6.95. The Morgan fingerprint density at radius 3 is 2.18 bits per heavy atom. The third-order valence-electron chi connectivity index (χ3n) is 5.14. The Kier molecular flexibility index (Phi) is 7.71. The predicted molar refractivity (Wildman–Crippen MR) is 136 cm³/mol. The molecule has 1 amide bonds. The van der Waals surface area contributed by atoms with E-state index in [1.165, 1.54) is 0 Å². The van der Waals surface area contributed by atoms with Crippen LogP contribution in [0.25, 0.3) is 0 Å². The first-order valence-corrected chi connectivity index (χ1v) is 12.6. The van der Waals surface area contributed by atoms with Gasteiger partial charge in [-0.25, -0.2) is 13.8 Å². The van der Waals surface area contributed by atoms with Gasteiger partial charge in [0.25, 0.3) is 15.9 Å². The van der Waals surface area contributed by atoms with Crippen molar-refractivity contribution < 1.29 is 13.2 Å². The lowest BCUT2D eigenvalue weighted by molar-refractivity contribution is -0.119. The van der Waals surface area contributed by atoms with Crippen molar-refractivity contribution in [2.24, 2.45) is 5.10 Å². The van der Waals surface area contributed by atoms with Crippen molar-refractivity contribution in [1.82, 2.24) is 5.43 Å². The molecular formula is C25H26BrN3O3S. The zero-order valence-electron chi connectivity index (χ0n) is 19.0. The lowest BCUT2D eigenvalue weighted by Crippen LogP contribution is -2.40. The summed E-state index contributed by atoms with van der Waals surface area (Å²) < 4.78 is 29.2. The second-order valence-corrected chi connectivity index (χ2v) is 10.6. The lowest BCUT2D eigenvalue weighted by atomic mass is 10.1. The minimum absolute atomic E-state index is 0.122. The molecule has 0 saturated carbocycles. The Balaban J connectivity index is 1.92. The van der Waals surface area contributed by atoms with Gasteiger partial charge in [0, 0.05) is 4.47 Å². The summed E-state index contributed by atoms with van der Waals surface area (Å²) in [5.41, 5.74) is 6.99. The van der Waals surface area contributed by atoms with Gasteiger partial charge in [0.15, 0.2) is 0 Å². The molecule has 172 valence electrons. The van der Waals surface area contributed by atoms with Crippen LogP contribution in [0.1, 0.15) is 29.2 Å². The molecule has 1 N–H and O–H groups in total. The fraction of sp³-hybridized carbons (Fsp3) is 0.200. The number of benzene rings is 3. The molecule has 0 unspecified atom stereocenters. The van der Waals surface area contributed by atoms with Gasteiger partial charge >= 0.3 is 0 Å². The molecule has 0 aliphatic rings. The Morgan fingerprint density at radius 2 is 1.55 bits per heavy atom. The number of hydrogen-bond donors (Lipinski definition) is 1. The third-order valence-corrected chi connectivity index (χ3v) is 7.44. The highest BCUT2D eigenvalue weighted by atomic mass is 79.9. The molecule has 0 aliphatic heterocycles. The highest BCUT2D eigenvalue weighted by Crippen LogP contribution is 2.28. The zero-order valence-corrected chi connectivity index (χ0v) is 21.4. The van der Waals surface area contributed by atoms with E-state index in [0.29, 0.717) is 11.4 Å². The topological polar surface area (TPSA) is 78.8 Å². The summed E-state index contributed by atoms with van der Waals surface area (Å²) >= 11 is 3.39. The standard InChI is InChI=1S/C25H26BrN3O3S/c1-17-6-13-23(14-7-17)33(31,32)29(24-15-18(2)5-8-19(24)3)16-25(30)28-27-20(4)21-9-11-22(26)12-10-21/h5-15H,16H2,1-4H3,(H,28,30)/b27-20-. The largest absolute Gasteiger partial charge is 0.271 e. The molecule has 0 atom stereocenters. The van der Waals surface area contributed by atoms with Crippen LogP contribution in [0, 0.1) is 20.8 Å². The van der Waals surface area contributed by atoms with Gasteiger partial charge in [-0.05, 0) is 74.7 Å². The van der Waals surface area contributed by atoms with Crippen LogP contribution in [-0.4, -0.2) is 26.6 Å². The van der Waals surface area contributed by atoms with E-state index in [1.54, 1.807) is 37.3 Å². The van der Waals surface area contributed by atoms with Crippen LogP contribution >= 0.6 is 15.9 Å². The number of anilines is 1. The van der Waals surface area contributed by atoms with Crippen LogP contribution in [-0.2, 0) is 14.8 Å². The number of rotatable bonds is 7. The molecule has 0 heterocycles. The van der Waals surface area contributed by atoms with Crippen molar-refractivity contribution in [3.8, 4) is 0 Å². The second kappa shape index (κ2) is 10.3. The Labute approximate surface area is 203 Å².